The Morgan fingerprint density at radius 2 is 1.73 bits per heavy atom. The minimum absolute atomic E-state index is 0. The number of aromatic nitrogens is 3. The molecule has 0 radical (unpaired) electrons. The van der Waals surface area contributed by atoms with Gasteiger partial charge < -0.3 is 25.6 Å². The van der Waals surface area contributed by atoms with Gasteiger partial charge in [-0.15, -0.1) is 0 Å². The van der Waals surface area contributed by atoms with Crippen molar-refractivity contribution < 1.29 is 29.3 Å². The minimum Gasteiger partial charge on any atom is -0.452 e. The van der Waals surface area contributed by atoms with Crippen molar-refractivity contribution >= 4 is 34.4 Å². The van der Waals surface area contributed by atoms with Crippen LogP contribution in [0.1, 0.15) is 34.4 Å². The fourth-order valence-electron chi connectivity index (χ4n) is 6.54. The molecule has 1 amide bonds. The van der Waals surface area contributed by atoms with Gasteiger partial charge in [-0.05, 0) is 61.7 Å². The number of aryl methyl sites for hydroxylation is 2. The van der Waals surface area contributed by atoms with Crippen LogP contribution in [-0.2, 0) is 32.0 Å². The van der Waals surface area contributed by atoms with Gasteiger partial charge in [0.15, 0.2) is 6.10 Å². The van der Waals surface area contributed by atoms with Gasteiger partial charge in [-0.2, -0.15) is 4.98 Å². The Morgan fingerprint density at radius 3 is 2.51 bits per heavy atom. The highest BCUT2D eigenvalue weighted by atomic mass is 16.6. The normalized spacial score (nSPS) is 19.1. The third kappa shape index (κ3) is 5.42. The maximum atomic E-state index is 12.9. The van der Waals surface area contributed by atoms with Crippen LogP contribution in [0.25, 0.3) is 16.6 Å². The van der Waals surface area contributed by atoms with Crippen molar-refractivity contribution in [1.82, 2.24) is 19.4 Å². The van der Waals surface area contributed by atoms with Crippen molar-refractivity contribution in [2.45, 2.75) is 32.8 Å². The molecule has 232 valence electrons. The summed E-state index contributed by atoms with van der Waals surface area (Å²) in [5, 5.41) is 1.18. The molecule has 2 aromatic carbocycles. The maximum absolute atomic E-state index is 12.9. The van der Waals surface area contributed by atoms with Crippen LogP contribution >= 0.6 is 0 Å². The Morgan fingerprint density at radius 1 is 0.978 bits per heavy atom. The average molecular weight is 611 g/mol. The molecule has 12 nitrogen and oxygen atoms in total. The first-order chi connectivity index (χ1) is 21.3. The first-order valence-electron chi connectivity index (χ1n) is 14.7. The quantitative estimate of drug-likeness (QED) is 0.263. The smallest absolute Gasteiger partial charge is 0.344 e. The summed E-state index contributed by atoms with van der Waals surface area (Å²) in [7, 11) is 0. The largest absolute Gasteiger partial charge is 0.452 e. The molecule has 45 heavy (non-hydrogen) atoms. The molecule has 1 saturated heterocycles. The second-order valence-electron chi connectivity index (χ2n) is 11.4. The van der Waals surface area contributed by atoms with Crippen LogP contribution in [0.3, 0.4) is 0 Å². The van der Waals surface area contributed by atoms with Crippen LogP contribution in [0, 0.1) is 13.8 Å². The number of hydrogen-bond acceptors (Lipinski definition) is 9. The fourth-order valence-corrected chi connectivity index (χ4v) is 6.54. The van der Waals surface area contributed by atoms with Crippen molar-refractivity contribution in [1.29, 1.82) is 0 Å². The second-order valence-corrected chi connectivity index (χ2v) is 11.4. The monoisotopic (exact) mass is 610 g/mol. The number of nitrogens with zero attached hydrogens (tertiary/aromatic N) is 5. The minimum atomic E-state index is -1.06. The molecule has 7 rings (SSSR count). The lowest BCUT2D eigenvalue weighted by atomic mass is 9.92. The molecule has 3 aliphatic heterocycles. The van der Waals surface area contributed by atoms with Crippen molar-refractivity contribution in [3.63, 3.8) is 0 Å². The summed E-state index contributed by atoms with van der Waals surface area (Å²) in [4.78, 5) is 51.4. The highest BCUT2D eigenvalue weighted by molar-refractivity contribution is 6.18. The van der Waals surface area contributed by atoms with Gasteiger partial charge in [0.25, 0.3) is 5.91 Å². The molecule has 0 saturated carbocycles. The Balaban J connectivity index is 0.00000357. The number of hydrogen-bond donors (Lipinski definition) is 1. The van der Waals surface area contributed by atoms with E-state index >= 15 is 0 Å². The summed E-state index contributed by atoms with van der Waals surface area (Å²) in [5.74, 6) is -2.29. The lowest BCUT2D eigenvalue weighted by Crippen LogP contribution is -2.47. The molecule has 0 spiro atoms. The standard InChI is InChI=1S/C33H32N6O5.H2O/c1-19-9-10-22-25(35-19)6-4-7-26(22)38-15-13-37(14-16-38)12-11-21-5-3-8-27-23(21)17-28-30-32(36-20(2)39(27)30)44-29(40)18-24(31(34)41)33(42)43-28;/h3-10,18,28H,11-17H2,1-2H3,(H2,34,41);1H2/b24-18-;. The summed E-state index contributed by atoms with van der Waals surface area (Å²) in [6, 6.07) is 16.7. The van der Waals surface area contributed by atoms with Gasteiger partial charge in [0.05, 0.1) is 11.2 Å². The Kier molecular flexibility index (Phi) is 7.85. The summed E-state index contributed by atoms with van der Waals surface area (Å²) in [6.45, 7) is 8.42. The number of imidazole rings is 1. The van der Waals surface area contributed by atoms with E-state index in [1.165, 1.54) is 11.1 Å². The Labute approximate surface area is 259 Å². The van der Waals surface area contributed by atoms with E-state index in [1.54, 1.807) is 0 Å². The molecule has 12 heteroatoms. The van der Waals surface area contributed by atoms with Gasteiger partial charge in [-0.25, -0.2) is 9.59 Å². The summed E-state index contributed by atoms with van der Waals surface area (Å²) < 4.78 is 13.1. The number of nitrogens with two attached hydrogens (primary N) is 1. The highest BCUT2D eigenvalue weighted by Gasteiger charge is 2.38. The summed E-state index contributed by atoms with van der Waals surface area (Å²) in [6.07, 6.45) is 1.10. The first kappa shape index (κ1) is 30.0. The number of rotatable bonds is 5. The topological polar surface area (TPSA) is 164 Å². The number of piperazine rings is 1. The van der Waals surface area contributed by atoms with E-state index in [2.05, 4.69) is 51.2 Å². The molecule has 0 aliphatic carbocycles. The number of primary amides is 1. The summed E-state index contributed by atoms with van der Waals surface area (Å²) >= 11 is 0. The van der Waals surface area contributed by atoms with Gasteiger partial charge in [-0.1, -0.05) is 18.2 Å². The maximum Gasteiger partial charge on any atom is 0.344 e. The Bertz CT molecular complexity index is 1870. The molecule has 4 N–H and O–H groups in total. The van der Waals surface area contributed by atoms with Crippen LogP contribution in [0.15, 0.2) is 60.2 Å². The van der Waals surface area contributed by atoms with E-state index in [-0.39, 0.29) is 11.4 Å². The van der Waals surface area contributed by atoms with Gasteiger partial charge in [-0.3, -0.25) is 19.2 Å². The van der Waals surface area contributed by atoms with E-state index in [4.69, 9.17) is 20.2 Å². The molecule has 2 aromatic heterocycles. The number of anilines is 1. The zero-order chi connectivity index (χ0) is 30.5. The number of carbonyl (C=O) groups is 3. The van der Waals surface area contributed by atoms with E-state index in [9.17, 15) is 14.4 Å². The molecule has 5 heterocycles. The van der Waals surface area contributed by atoms with Crippen LogP contribution in [0.4, 0.5) is 5.69 Å². The molecule has 1 unspecified atom stereocenters. The highest BCUT2D eigenvalue weighted by Crippen LogP contribution is 2.41. The number of pyridine rings is 1. The predicted molar refractivity (Wildman–Crippen MR) is 166 cm³/mol. The number of benzene rings is 2. The number of ether oxygens (including phenoxy) is 2. The van der Waals surface area contributed by atoms with Crippen LogP contribution < -0.4 is 15.4 Å². The molecular formula is C33H34N6O6. The Hall–Kier alpha value is -5.07. The third-order valence-electron chi connectivity index (χ3n) is 8.68. The zero-order valence-corrected chi connectivity index (χ0v) is 25.1. The predicted octanol–water partition coefficient (Wildman–Crippen LogP) is 2.05. The van der Waals surface area contributed by atoms with Crippen LogP contribution in [0.2, 0.25) is 0 Å². The van der Waals surface area contributed by atoms with Crippen molar-refractivity contribution in [3.8, 4) is 11.6 Å². The molecule has 1 fully saturated rings. The van der Waals surface area contributed by atoms with E-state index in [0.29, 0.717) is 17.9 Å². The van der Waals surface area contributed by atoms with Crippen molar-refractivity contribution in [2.75, 3.05) is 37.6 Å². The summed E-state index contributed by atoms with van der Waals surface area (Å²) in [5.41, 5.74) is 11.6. The molecular weight excluding hydrogens is 576 g/mol. The van der Waals surface area contributed by atoms with Gasteiger partial charge in [0.2, 0.25) is 5.88 Å². The van der Waals surface area contributed by atoms with Crippen molar-refractivity contribution in [2.24, 2.45) is 5.73 Å². The first-order valence-corrected chi connectivity index (χ1v) is 14.7. The van der Waals surface area contributed by atoms with Gasteiger partial charge in [0, 0.05) is 62.0 Å². The number of amides is 1. The van der Waals surface area contributed by atoms with Crippen LogP contribution in [-0.4, -0.2) is 75.5 Å². The number of esters is 2. The van der Waals surface area contributed by atoms with E-state index in [0.717, 1.165) is 73.2 Å². The fraction of sp³-hybridized carbons (Fsp3) is 0.303. The number of carbonyl (C=O) groups excluding carboxylic acids is 3. The van der Waals surface area contributed by atoms with E-state index in [1.807, 2.05) is 30.5 Å². The lowest BCUT2D eigenvalue weighted by Gasteiger charge is -2.37. The SMILES string of the molecule is Cc1ccc2c(N3CCN(CCc4cccc5c4CC4OC(=O)/C(C(N)=O)=C\C(=O)Oc6nc(C)n-5c64)CC3)cccc2n1.O. The van der Waals surface area contributed by atoms with Crippen molar-refractivity contribution in [3.05, 3.63) is 88.5 Å². The van der Waals surface area contributed by atoms with Crippen LogP contribution in [0.5, 0.6) is 5.88 Å². The average Bonchev–Trinajstić information content (AvgIpc) is 3.35. The molecule has 1 atom stereocenters. The molecule has 4 aromatic rings. The number of fused-ring (bicyclic) bond motifs is 3. The molecule has 3 aliphatic rings. The van der Waals surface area contributed by atoms with Gasteiger partial charge >= 0.3 is 11.9 Å². The third-order valence-corrected chi connectivity index (χ3v) is 8.68. The van der Waals surface area contributed by atoms with Gasteiger partial charge in [0.1, 0.15) is 17.1 Å². The lowest BCUT2D eigenvalue weighted by molar-refractivity contribution is -0.146. The molecule has 0 bridgehead atoms. The van der Waals surface area contributed by atoms with E-state index < -0.39 is 29.5 Å². The second kappa shape index (κ2) is 11.8. The zero-order valence-electron chi connectivity index (χ0n) is 25.1.